The van der Waals surface area contributed by atoms with Gasteiger partial charge in [-0.25, -0.2) is 0 Å². The van der Waals surface area contributed by atoms with Gasteiger partial charge < -0.3 is 10.4 Å². The first kappa shape index (κ1) is 17.6. The lowest BCUT2D eigenvalue weighted by Gasteiger charge is -2.24. The fraction of sp³-hybridized carbons (Fsp3) is 0.188. The number of halogens is 3. The fourth-order valence-electron chi connectivity index (χ4n) is 1.76. The molecule has 0 fully saturated rings. The van der Waals surface area contributed by atoms with E-state index >= 15 is 0 Å². The number of hydrogen-bond acceptors (Lipinski definition) is 4. The molecule has 0 bridgehead atoms. The molecular formula is C16H13F3N2O3. The number of carbonyl (C=O) groups excluding carboxylic acids is 2. The molecule has 24 heavy (non-hydrogen) atoms. The Bertz CT molecular complexity index is 741. The molecule has 0 radical (unpaired) electrons. The number of aliphatic hydroxyl groups is 1. The molecule has 0 aliphatic carbocycles. The van der Waals surface area contributed by atoms with E-state index in [2.05, 4.69) is 4.98 Å². The summed E-state index contributed by atoms with van der Waals surface area (Å²) in [7, 11) is 0. The smallest absolute Gasteiger partial charge is 0.373 e. The molecule has 1 aromatic heterocycles. The van der Waals surface area contributed by atoms with Crippen molar-refractivity contribution in [3.05, 3.63) is 59.9 Å². The maximum Gasteiger partial charge on any atom is 0.426 e. The van der Waals surface area contributed by atoms with Crippen LogP contribution in [-0.2, 0) is 4.79 Å². The maximum atomic E-state index is 12.6. The van der Waals surface area contributed by atoms with Crippen LogP contribution in [0, 0.1) is 0 Å². The van der Waals surface area contributed by atoms with Crippen LogP contribution in [0.2, 0.25) is 0 Å². The number of anilines is 1. The van der Waals surface area contributed by atoms with Crippen molar-refractivity contribution >= 4 is 17.4 Å². The standard InChI is InChI=1S/C16H13F3N2O3/c1-15(24,16(17,18)19)14(23)21-12-4-2-10(3-5-12)13(22)11-6-8-20-9-7-11/h2-9,24H,1H3,(H,21,23). The monoisotopic (exact) mass is 338 g/mol. The van der Waals surface area contributed by atoms with Crippen LogP contribution in [0.5, 0.6) is 0 Å². The van der Waals surface area contributed by atoms with Crippen molar-refractivity contribution in [2.24, 2.45) is 0 Å². The second kappa shape index (κ2) is 6.40. The van der Waals surface area contributed by atoms with E-state index in [9.17, 15) is 27.9 Å². The first-order valence-corrected chi connectivity index (χ1v) is 6.78. The molecule has 1 aromatic carbocycles. The third-order valence-corrected chi connectivity index (χ3v) is 3.34. The summed E-state index contributed by atoms with van der Waals surface area (Å²) >= 11 is 0. The molecule has 0 aliphatic heterocycles. The summed E-state index contributed by atoms with van der Waals surface area (Å²) in [5, 5.41) is 11.2. The van der Waals surface area contributed by atoms with Gasteiger partial charge in [-0.2, -0.15) is 13.2 Å². The molecule has 0 saturated heterocycles. The Morgan fingerprint density at radius 2 is 1.50 bits per heavy atom. The van der Waals surface area contributed by atoms with Crippen LogP contribution in [0.15, 0.2) is 48.8 Å². The Kier molecular flexibility index (Phi) is 4.70. The van der Waals surface area contributed by atoms with E-state index in [1.165, 1.54) is 48.8 Å². The number of alkyl halides is 3. The number of carbonyl (C=O) groups is 2. The summed E-state index contributed by atoms with van der Waals surface area (Å²) in [5.41, 5.74) is -2.79. The summed E-state index contributed by atoms with van der Waals surface area (Å²) in [6.07, 6.45) is -2.18. The minimum atomic E-state index is -5.10. The van der Waals surface area contributed by atoms with Crippen molar-refractivity contribution in [2.75, 3.05) is 5.32 Å². The van der Waals surface area contributed by atoms with Crippen LogP contribution in [0.25, 0.3) is 0 Å². The average Bonchev–Trinajstić information content (AvgIpc) is 2.54. The summed E-state index contributed by atoms with van der Waals surface area (Å²) in [6, 6.07) is 8.33. The van der Waals surface area contributed by atoms with E-state index < -0.39 is 17.7 Å². The van der Waals surface area contributed by atoms with Gasteiger partial charge in [0.1, 0.15) is 0 Å². The highest BCUT2D eigenvalue weighted by atomic mass is 19.4. The number of aromatic nitrogens is 1. The second-order valence-electron chi connectivity index (χ2n) is 5.17. The summed E-state index contributed by atoms with van der Waals surface area (Å²) in [6.45, 7) is 0.365. The highest BCUT2D eigenvalue weighted by Crippen LogP contribution is 2.31. The number of benzene rings is 1. The first-order valence-electron chi connectivity index (χ1n) is 6.78. The molecule has 0 aliphatic rings. The third-order valence-electron chi connectivity index (χ3n) is 3.34. The van der Waals surface area contributed by atoms with E-state index in [1.807, 2.05) is 5.32 Å². The largest absolute Gasteiger partial charge is 0.426 e. The van der Waals surface area contributed by atoms with Crippen LogP contribution in [-0.4, -0.2) is 33.6 Å². The third kappa shape index (κ3) is 3.60. The molecule has 2 rings (SSSR count). The van der Waals surface area contributed by atoms with Gasteiger partial charge in [0, 0.05) is 29.2 Å². The fourth-order valence-corrected chi connectivity index (χ4v) is 1.76. The van der Waals surface area contributed by atoms with Crippen molar-refractivity contribution in [1.29, 1.82) is 0 Å². The number of nitrogens with zero attached hydrogens (tertiary/aromatic N) is 1. The Morgan fingerprint density at radius 1 is 1.00 bits per heavy atom. The zero-order valence-electron chi connectivity index (χ0n) is 12.5. The SMILES string of the molecule is CC(O)(C(=O)Nc1ccc(C(=O)c2ccncc2)cc1)C(F)(F)F. The summed E-state index contributed by atoms with van der Waals surface area (Å²) in [4.78, 5) is 27.5. The zero-order valence-corrected chi connectivity index (χ0v) is 12.5. The lowest BCUT2D eigenvalue weighted by Crippen LogP contribution is -2.52. The number of pyridine rings is 1. The molecule has 0 spiro atoms. The number of hydrogen-bond donors (Lipinski definition) is 2. The van der Waals surface area contributed by atoms with Crippen molar-refractivity contribution < 1.29 is 27.9 Å². The predicted octanol–water partition coefficient (Wildman–Crippen LogP) is 2.56. The average molecular weight is 338 g/mol. The Labute approximate surface area is 135 Å². The molecule has 2 aromatic rings. The quantitative estimate of drug-likeness (QED) is 0.840. The molecule has 1 heterocycles. The van der Waals surface area contributed by atoms with Gasteiger partial charge in [0.15, 0.2) is 5.78 Å². The van der Waals surface area contributed by atoms with Gasteiger partial charge in [-0.15, -0.1) is 0 Å². The lowest BCUT2D eigenvalue weighted by molar-refractivity contribution is -0.242. The Morgan fingerprint density at radius 3 is 2.00 bits per heavy atom. The normalized spacial score (nSPS) is 13.9. The molecule has 8 heteroatoms. The summed E-state index contributed by atoms with van der Waals surface area (Å²) in [5.74, 6) is -1.90. The number of nitrogens with one attached hydrogen (secondary N) is 1. The summed E-state index contributed by atoms with van der Waals surface area (Å²) < 4.78 is 37.8. The molecule has 5 nitrogen and oxygen atoms in total. The topological polar surface area (TPSA) is 79.3 Å². The van der Waals surface area contributed by atoms with Crippen LogP contribution < -0.4 is 5.32 Å². The maximum absolute atomic E-state index is 12.6. The van der Waals surface area contributed by atoms with E-state index in [0.29, 0.717) is 18.1 Å². The van der Waals surface area contributed by atoms with Crippen molar-refractivity contribution in [2.45, 2.75) is 18.7 Å². The van der Waals surface area contributed by atoms with Crippen LogP contribution in [0.3, 0.4) is 0 Å². The van der Waals surface area contributed by atoms with Crippen LogP contribution >= 0.6 is 0 Å². The molecule has 1 amide bonds. The highest BCUT2D eigenvalue weighted by Gasteiger charge is 2.55. The molecule has 0 saturated carbocycles. The predicted molar refractivity (Wildman–Crippen MR) is 79.4 cm³/mol. The number of amides is 1. The van der Waals surface area contributed by atoms with E-state index in [0.717, 1.165) is 0 Å². The Hall–Kier alpha value is -2.74. The molecule has 126 valence electrons. The lowest BCUT2D eigenvalue weighted by atomic mass is 10.0. The van der Waals surface area contributed by atoms with E-state index in [-0.39, 0.29) is 11.5 Å². The van der Waals surface area contributed by atoms with Crippen molar-refractivity contribution in [3.8, 4) is 0 Å². The van der Waals surface area contributed by atoms with Crippen molar-refractivity contribution in [3.63, 3.8) is 0 Å². The van der Waals surface area contributed by atoms with Gasteiger partial charge in [-0.3, -0.25) is 14.6 Å². The molecule has 1 unspecified atom stereocenters. The van der Waals surface area contributed by atoms with Crippen LogP contribution in [0.4, 0.5) is 18.9 Å². The van der Waals surface area contributed by atoms with E-state index in [1.54, 1.807) is 0 Å². The van der Waals surface area contributed by atoms with Crippen molar-refractivity contribution in [1.82, 2.24) is 4.98 Å². The Balaban J connectivity index is 2.13. The van der Waals surface area contributed by atoms with Gasteiger partial charge in [-0.1, -0.05) is 0 Å². The molecule has 1 atom stereocenters. The van der Waals surface area contributed by atoms with Gasteiger partial charge in [-0.05, 0) is 43.3 Å². The first-order chi connectivity index (χ1) is 11.1. The number of ketones is 1. The van der Waals surface area contributed by atoms with Crippen LogP contribution in [0.1, 0.15) is 22.8 Å². The minimum absolute atomic E-state index is 0.0239. The molecule has 2 N–H and O–H groups in total. The highest BCUT2D eigenvalue weighted by molar-refractivity contribution is 6.09. The minimum Gasteiger partial charge on any atom is -0.373 e. The van der Waals surface area contributed by atoms with Gasteiger partial charge >= 0.3 is 6.18 Å². The van der Waals surface area contributed by atoms with E-state index in [4.69, 9.17) is 0 Å². The second-order valence-corrected chi connectivity index (χ2v) is 5.17. The van der Waals surface area contributed by atoms with Gasteiger partial charge in [0.05, 0.1) is 0 Å². The van der Waals surface area contributed by atoms with Gasteiger partial charge in [0.2, 0.25) is 5.60 Å². The number of rotatable bonds is 4. The molecular weight excluding hydrogens is 325 g/mol. The van der Waals surface area contributed by atoms with Gasteiger partial charge in [0.25, 0.3) is 5.91 Å². The zero-order chi connectivity index (χ0) is 18.0.